The van der Waals surface area contributed by atoms with E-state index in [1.165, 1.54) is 18.4 Å². The highest BCUT2D eigenvalue weighted by Gasteiger charge is 2.14. The van der Waals surface area contributed by atoms with E-state index in [2.05, 4.69) is 4.98 Å². The van der Waals surface area contributed by atoms with Gasteiger partial charge in [0.15, 0.2) is 0 Å². The maximum Gasteiger partial charge on any atom is 0.348 e. The molecular weight excluding hydrogens is 258 g/mol. The lowest BCUT2D eigenvalue weighted by atomic mass is 10.2. The highest BCUT2D eigenvalue weighted by Crippen LogP contribution is 2.33. The molecule has 0 fully saturated rings. The topological polar surface area (TPSA) is 42.1 Å². The van der Waals surface area contributed by atoms with Crippen LogP contribution in [0, 0.1) is 0 Å². The first-order chi connectivity index (χ1) is 8.19. The van der Waals surface area contributed by atoms with Crippen molar-refractivity contribution in [2.45, 2.75) is 0 Å². The summed E-state index contributed by atoms with van der Waals surface area (Å²) in [6.45, 7) is 0. The standard InChI is InChI=1S/C12H8ClNO2S/c1-16-12(15)10-5-8-7-3-2-6(13)4-9(7)14-11(8)17-10/h2-5,14H,1H3. The first-order valence-corrected chi connectivity index (χ1v) is 6.17. The second-order valence-corrected chi connectivity index (χ2v) is 5.15. The van der Waals surface area contributed by atoms with E-state index in [4.69, 9.17) is 16.3 Å². The third-order valence-electron chi connectivity index (χ3n) is 2.64. The lowest BCUT2D eigenvalue weighted by Crippen LogP contribution is -1.96. The molecule has 0 aliphatic rings. The summed E-state index contributed by atoms with van der Waals surface area (Å²) in [5.41, 5.74) is 0.982. The molecule has 3 nitrogen and oxygen atoms in total. The van der Waals surface area contributed by atoms with Crippen LogP contribution in [0.4, 0.5) is 0 Å². The first kappa shape index (κ1) is 10.6. The number of thiophene rings is 1. The highest BCUT2D eigenvalue weighted by atomic mass is 35.5. The maximum absolute atomic E-state index is 11.4. The number of aromatic amines is 1. The Kier molecular flexibility index (Phi) is 2.34. The number of methoxy groups -OCH3 is 1. The number of ether oxygens (including phenoxy) is 1. The highest BCUT2D eigenvalue weighted by molar-refractivity contribution is 7.20. The lowest BCUT2D eigenvalue weighted by molar-refractivity contribution is 0.0606. The third-order valence-corrected chi connectivity index (χ3v) is 3.90. The van der Waals surface area contributed by atoms with Crippen LogP contribution in [-0.4, -0.2) is 18.1 Å². The molecule has 0 spiro atoms. The van der Waals surface area contributed by atoms with Crippen LogP contribution < -0.4 is 0 Å². The molecule has 0 radical (unpaired) electrons. The monoisotopic (exact) mass is 265 g/mol. The molecule has 3 aromatic rings. The Hall–Kier alpha value is -1.52. The van der Waals surface area contributed by atoms with Crippen LogP contribution in [0.5, 0.6) is 0 Å². The molecule has 2 heterocycles. The molecule has 86 valence electrons. The molecule has 1 aromatic carbocycles. The van der Waals surface area contributed by atoms with Crippen molar-refractivity contribution in [1.82, 2.24) is 4.98 Å². The Morgan fingerprint density at radius 1 is 1.35 bits per heavy atom. The molecule has 3 rings (SSSR count). The normalized spacial score (nSPS) is 11.2. The van der Waals surface area contributed by atoms with Crippen molar-refractivity contribution in [1.29, 1.82) is 0 Å². The molecule has 5 heteroatoms. The molecule has 0 atom stereocenters. The Morgan fingerprint density at radius 3 is 2.94 bits per heavy atom. The number of hydrogen-bond donors (Lipinski definition) is 1. The largest absolute Gasteiger partial charge is 0.465 e. The number of benzene rings is 1. The van der Waals surface area contributed by atoms with Gasteiger partial charge in [-0.15, -0.1) is 11.3 Å². The van der Waals surface area contributed by atoms with E-state index in [1.54, 1.807) is 0 Å². The minimum Gasteiger partial charge on any atom is -0.465 e. The summed E-state index contributed by atoms with van der Waals surface area (Å²) in [6.07, 6.45) is 0. The zero-order valence-corrected chi connectivity index (χ0v) is 10.5. The van der Waals surface area contributed by atoms with Crippen molar-refractivity contribution in [2.75, 3.05) is 7.11 Å². The lowest BCUT2D eigenvalue weighted by Gasteiger charge is -1.93. The van der Waals surface area contributed by atoms with Crippen molar-refractivity contribution in [3.05, 3.63) is 34.2 Å². The van der Waals surface area contributed by atoms with E-state index in [-0.39, 0.29) is 5.97 Å². The molecule has 17 heavy (non-hydrogen) atoms. The van der Waals surface area contributed by atoms with E-state index in [0.29, 0.717) is 9.90 Å². The van der Waals surface area contributed by atoms with E-state index >= 15 is 0 Å². The van der Waals surface area contributed by atoms with Crippen molar-refractivity contribution in [2.24, 2.45) is 0 Å². The maximum atomic E-state index is 11.4. The van der Waals surface area contributed by atoms with Gasteiger partial charge in [-0.05, 0) is 18.2 Å². The van der Waals surface area contributed by atoms with Crippen LogP contribution in [0.2, 0.25) is 5.02 Å². The average Bonchev–Trinajstić information content (AvgIpc) is 2.84. The SMILES string of the molecule is COC(=O)c1cc2c([nH]c3cc(Cl)ccc32)s1. The summed E-state index contributed by atoms with van der Waals surface area (Å²) in [7, 11) is 1.38. The number of carbonyl (C=O) groups is 1. The number of nitrogens with one attached hydrogen (secondary N) is 1. The zero-order chi connectivity index (χ0) is 12.0. The fourth-order valence-corrected chi connectivity index (χ4v) is 3.04. The Balaban J connectivity index is 2.28. The number of H-pyrrole nitrogens is 1. The van der Waals surface area contributed by atoms with Crippen LogP contribution in [0.15, 0.2) is 24.3 Å². The number of rotatable bonds is 1. The van der Waals surface area contributed by atoms with Crippen molar-refractivity contribution < 1.29 is 9.53 Å². The Morgan fingerprint density at radius 2 is 2.18 bits per heavy atom. The molecule has 0 amide bonds. The van der Waals surface area contributed by atoms with Gasteiger partial charge in [-0.25, -0.2) is 4.79 Å². The molecular formula is C12H8ClNO2S. The van der Waals surface area contributed by atoms with Crippen molar-refractivity contribution in [3.63, 3.8) is 0 Å². The molecule has 0 bridgehead atoms. The molecule has 0 aliphatic heterocycles. The van der Waals surface area contributed by atoms with Crippen LogP contribution in [0.3, 0.4) is 0 Å². The summed E-state index contributed by atoms with van der Waals surface area (Å²) < 4.78 is 4.70. The summed E-state index contributed by atoms with van der Waals surface area (Å²) in [5, 5.41) is 2.79. The quantitative estimate of drug-likeness (QED) is 0.680. The smallest absolute Gasteiger partial charge is 0.348 e. The number of esters is 1. The Labute approximate surface area is 106 Å². The third kappa shape index (κ3) is 1.61. The summed E-state index contributed by atoms with van der Waals surface area (Å²) in [4.78, 5) is 16.2. The molecule has 1 N–H and O–H groups in total. The Bertz CT molecular complexity index is 729. The number of carbonyl (C=O) groups excluding carboxylic acids is 1. The minimum atomic E-state index is -0.304. The molecule has 2 aromatic heterocycles. The van der Waals surface area contributed by atoms with E-state index < -0.39 is 0 Å². The predicted octanol–water partition coefficient (Wildman–Crippen LogP) is 3.82. The average molecular weight is 266 g/mol. The van der Waals surface area contributed by atoms with Crippen LogP contribution in [-0.2, 0) is 4.74 Å². The summed E-state index contributed by atoms with van der Waals surface area (Å²) in [5.74, 6) is -0.304. The summed E-state index contributed by atoms with van der Waals surface area (Å²) >= 11 is 7.32. The predicted molar refractivity (Wildman–Crippen MR) is 70.0 cm³/mol. The second kappa shape index (κ2) is 3.75. The second-order valence-electron chi connectivity index (χ2n) is 3.66. The molecule has 0 unspecified atom stereocenters. The number of halogens is 1. The van der Waals surface area contributed by atoms with Crippen LogP contribution >= 0.6 is 22.9 Å². The minimum absolute atomic E-state index is 0.304. The van der Waals surface area contributed by atoms with Gasteiger partial charge in [-0.1, -0.05) is 17.7 Å². The number of hydrogen-bond acceptors (Lipinski definition) is 3. The number of aromatic nitrogens is 1. The van der Waals surface area contributed by atoms with Gasteiger partial charge in [0.05, 0.1) is 7.11 Å². The van der Waals surface area contributed by atoms with E-state index in [0.717, 1.165) is 21.1 Å². The van der Waals surface area contributed by atoms with Crippen LogP contribution in [0.1, 0.15) is 9.67 Å². The van der Waals surface area contributed by atoms with Gasteiger partial charge in [0.1, 0.15) is 9.71 Å². The van der Waals surface area contributed by atoms with E-state index in [9.17, 15) is 4.79 Å². The fourth-order valence-electron chi connectivity index (χ4n) is 1.86. The van der Waals surface area contributed by atoms with Crippen molar-refractivity contribution >= 4 is 50.0 Å². The van der Waals surface area contributed by atoms with Gasteiger partial charge in [0.2, 0.25) is 0 Å². The molecule has 0 saturated heterocycles. The van der Waals surface area contributed by atoms with Gasteiger partial charge < -0.3 is 9.72 Å². The fraction of sp³-hybridized carbons (Fsp3) is 0.0833. The van der Waals surface area contributed by atoms with Crippen LogP contribution in [0.25, 0.3) is 21.1 Å². The van der Waals surface area contributed by atoms with Gasteiger partial charge in [0, 0.05) is 21.3 Å². The first-order valence-electron chi connectivity index (χ1n) is 4.98. The van der Waals surface area contributed by atoms with Gasteiger partial charge in [-0.2, -0.15) is 0 Å². The van der Waals surface area contributed by atoms with Crippen molar-refractivity contribution in [3.8, 4) is 0 Å². The van der Waals surface area contributed by atoms with E-state index in [1.807, 2.05) is 24.3 Å². The van der Waals surface area contributed by atoms with Gasteiger partial charge in [0.25, 0.3) is 0 Å². The zero-order valence-electron chi connectivity index (χ0n) is 8.91. The van der Waals surface area contributed by atoms with Gasteiger partial charge >= 0.3 is 5.97 Å². The molecule has 0 aliphatic carbocycles. The molecule has 0 saturated carbocycles. The number of fused-ring (bicyclic) bond motifs is 3. The summed E-state index contributed by atoms with van der Waals surface area (Å²) in [6, 6.07) is 7.51. The van der Waals surface area contributed by atoms with Gasteiger partial charge in [-0.3, -0.25) is 0 Å².